The van der Waals surface area contributed by atoms with E-state index in [1.165, 1.54) is 19.3 Å². The standard InChI is InChI=1S/C12H9F3O3/c1-6(11(16)17)9-5-18-10-3-2-7(4-8(9)10)12(13,14)15/h2-6H,1H3,(H,16,17). The second kappa shape index (κ2) is 4.04. The van der Waals surface area contributed by atoms with Crippen LogP contribution in [0.15, 0.2) is 28.9 Å². The minimum atomic E-state index is -4.46. The van der Waals surface area contributed by atoms with Crippen LogP contribution in [0.1, 0.15) is 24.0 Å². The Hall–Kier alpha value is -1.98. The van der Waals surface area contributed by atoms with Crippen molar-refractivity contribution in [2.75, 3.05) is 0 Å². The molecule has 0 spiro atoms. The molecule has 1 unspecified atom stereocenters. The molecule has 1 aromatic carbocycles. The zero-order chi connectivity index (χ0) is 13.5. The minimum Gasteiger partial charge on any atom is -0.481 e. The quantitative estimate of drug-likeness (QED) is 0.894. The highest BCUT2D eigenvalue weighted by atomic mass is 19.4. The molecule has 0 bridgehead atoms. The summed E-state index contributed by atoms with van der Waals surface area (Å²) < 4.78 is 42.8. The van der Waals surface area contributed by atoms with Crippen LogP contribution >= 0.6 is 0 Å². The van der Waals surface area contributed by atoms with E-state index < -0.39 is 23.6 Å². The van der Waals surface area contributed by atoms with Gasteiger partial charge in [-0.25, -0.2) is 0 Å². The molecule has 1 heterocycles. The van der Waals surface area contributed by atoms with Gasteiger partial charge in [0.05, 0.1) is 17.7 Å². The first-order chi connectivity index (χ1) is 8.30. The number of benzene rings is 1. The molecule has 1 atom stereocenters. The molecule has 6 heteroatoms. The van der Waals surface area contributed by atoms with E-state index in [0.717, 1.165) is 12.1 Å². The maximum Gasteiger partial charge on any atom is 0.416 e. The van der Waals surface area contributed by atoms with Crippen LogP contribution in [0.5, 0.6) is 0 Å². The van der Waals surface area contributed by atoms with Crippen molar-refractivity contribution in [3.8, 4) is 0 Å². The van der Waals surface area contributed by atoms with Gasteiger partial charge in [-0.15, -0.1) is 0 Å². The number of alkyl halides is 3. The highest BCUT2D eigenvalue weighted by Gasteiger charge is 2.31. The lowest BCUT2D eigenvalue weighted by Gasteiger charge is -2.07. The summed E-state index contributed by atoms with van der Waals surface area (Å²) in [6, 6.07) is 3.00. The number of hydrogen-bond donors (Lipinski definition) is 1. The van der Waals surface area contributed by atoms with Crippen LogP contribution < -0.4 is 0 Å². The van der Waals surface area contributed by atoms with Crippen LogP contribution in [0.4, 0.5) is 13.2 Å². The molecule has 1 N–H and O–H groups in total. The first kappa shape index (κ1) is 12.5. The number of furan rings is 1. The van der Waals surface area contributed by atoms with Crippen LogP contribution in [0.2, 0.25) is 0 Å². The Morgan fingerprint density at radius 1 is 1.39 bits per heavy atom. The van der Waals surface area contributed by atoms with E-state index in [1.54, 1.807) is 0 Å². The van der Waals surface area contributed by atoms with Gasteiger partial charge in [-0.2, -0.15) is 13.2 Å². The van der Waals surface area contributed by atoms with Crippen molar-refractivity contribution in [3.63, 3.8) is 0 Å². The second-order valence-corrected chi connectivity index (χ2v) is 3.96. The fourth-order valence-electron chi connectivity index (χ4n) is 1.69. The van der Waals surface area contributed by atoms with Crippen LogP contribution in [-0.4, -0.2) is 11.1 Å². The Balaban J connectivity index is 2.60. The van der Waals surface area contributed by atoms with Gasteiger partial charge in [0.15, 0.2) is 0 Å². The second-order valence-electron chi connectivity index (χ2n) is 3.96. The first-order valence-electron chi connectivity index (χ1n) is 5.12. The van der Waals surface area contributed by atoms with Crippen molar-refractivity contribution >= 4 is 16.9 Å². The van der Waals surface area contributed by atoms with Gasteiger partial charge in [0.25, 0.3) is 0 Å². The van der Waals surface area contributed by atoms with Gasteiger partial charge in [-0.3, -0.25) is 4.79 Å². The average Bonchev–Trinajstić information content (AvgIpc) is 2.69. The van der Waals surface area contributed by atoms with Gasteiger partial charge in [-0.05, 0) is 25.1 Å². The van der Waals surface area contributed by atoms with Gasteiger partial charge in [-0.1, -0.05) is 0 Å². The van der Waals surface area contributed by atoms with E-state index in [1.807, 2.05) is 0 Å². The monoisotopic (exact) mass is 258 g/mol. The number of halogens is 3. The summed E-state index contributed by atoms with van der Waals surface area (Å²) in [4.78, 5) is 10.9. The Morgan fingerprint density at radius 2 is 2.06 bits per heavy atom. The van der Waals surface area contributed by atoms with E-state index in [9.17, 15) is 18.0 Å². The summed E-state index contributed by atoms with van der Waals surface area (Å²) in [5.41, 5.74) is -0.343. The normalized spacial score (nSPS) is 13.8. The third kappa shape index (κ3) is 2.05. The van der Waals surface area contributed by atoms with Crippen LogP contribution in [0, 0.1) is 0 Å². The largest absolute Gasteiger partial charge is 0.481 e. The van der Waals surface area contributed by atoms with Crippen molar-refractivity contribution in [2.24, 2.45) is 0 Å². The van der Waals surface area contributed by atoms with Crippen molar-refractivity contribution in [2.45, 2.75) is 19.0 Å². The Kier molecular flexibility index (Phi) is 2.80. The van der Waals surface area contributed by atoms with E-state index >= 15 is 0 Å². The van der Waals surface area contributed by atoms with Gasteiger partial charge in [0, 0.05) is 10.9 Å². The molecule has 3 nitrogen and oxygen atoms in total. The average molecular weight is 258 g/mol. The number of carbonyl (C=O) groups is 1. The lowest BCUT2D eigenvalue weighted by molar-refractivity contribution is -0.138. The lowest BCUT2D eigenvalue weighted by Crippen LogP contribution is -2.07. The smallest absolute Gasteiger partial charge is 0.416 e. The van der Waals surface area contributed by atoms with E-state index in [-0.39, 0.29) is 16.5 Å². The SMILES string of the molecule is CC(C(=O)O)c1coc2ccc(C(F)(F)F)cc12. The molecule has 0 aliphatic carbocycles. The van der Waals surface area contributed by atoms with Crippen LogP contribution in [0.25, 0.3) is 11.0 Å². The summed E-state index contributed by atoms with van der Waals surface area (Å²) >= 11 is 0. The number of carboxylic acid groups (broad SMARTS) is 1. The predicted molar refractivity (Wildman–Crippen MR) is 57.3 cm³/mol. The number of carboxylic acids is 1. The fourth-order valence-corrected chi connectivity index (χ4v) is 1.69. The molecule has 0 radical (unpaired) electrons. The van der Waals surface area contributed by atoms with Gasteiger partial charge in [0.1, 0.15) is 5.58 Å². The topological polar surface area (TPSA) is 50.4 Å². The third-order valence-corrected chi connectivity index (χ3v) is 2.77. The number of aliphatic carboxylic acids is 1. The van der Waals surface area contributed by atoms with Crippen molar-refractivity contribution in [3.05, 3.63) is 35.6 Å². The molecule has 2 rings (SSSR count). The van der Waals surface area contributed by atoms with Crippen molar-refractivity contribution in [1.29, 1.82) is 0 Å². The van der Waals surface area contributed by atoms with Crippen molar-refractivity contribution < 1.29 is 27.5 Å². The molecule has 0 fully saturated rings. The summed E-state index contributed by atoms with van der Waals surface area (Å²) in [5, 5.41) is 9.06. The van der Waals surface area contributed by atoms with Crippen LogP contribution in [0.3, 0.4) is 0 Å². The molecule has 2 aromatic rings. The summed E-state index contributed by atoms with van der Waals surface area (Å²) in [5.74, 6) is -2.04. The zero-order valence-electron chi connectivity index (χ0n) is 9.28. The highest BCUT2D eigenvalue weighted by molar-refractivity contribution is 5.88. The van der Waals surface area contributed by atoms with E-state index in [2.05, 4.69) is 0 Å². The number of fused-ring (bicyclic) bond motifs is 1. The predicted octanol–water partition coefficient (Wildman–Crippen LogP) is 3.64. The van der Waals surface area contributed by atoms with Crippen LogP contribution in [-0.2, 0) is 11.0 Å². The maximum absolute atomic E-state index is 12.6. The Labute approximate surface area is 99.8 Å². The molecule has 1 aromatic heterocycles. The Bertz CT molecular complexity index is 598. The molecule has 0 saturated carbocycles. The number of hydrogen-bond acceptors (Lipinski definition) is 2. The molecule has 0 aliphatic rings. The summed E-state index contributed by atoms with van der Waals surface area (Å²) in [7, 11) is 0. The molecule has 0 amide bonds. The molecule has 0 aliphatic heterocycles. The Morgan fingerprint density at radius 3 is 2.61 bits per heavy atom. The molecule has 0 saturated heterocycles. The lowest BCUT2D eigenvalue weighted by atomic mass is 9.99. The molecular formula is C12H9F3O3. The van der Waals surface area contributed by atoms with E-state index in [4.69, 9.17) is 9.52 Å². The first-order valence-corrected chi connectivity index (χ1v) is 5.12. The summed E-state index contributed by atoms with van der Waals surface area (Å²) in [6.45, 7) is 1.40. The zero-order valence-corrected chi connectivity index (χ0v) is 9.28. The highest BCUT2D eigenvalue weighted by Crippen LogP contribution is 2.34. The van der Waals surface area contributed by atoms with E-state index in [0.29, 0.717) is 0 Å². The maximum atomic E-state index is 12.6. The van der Waals surface area contributed by atoms with Gasteiger partial charge >= 0.3 is 12.1 Å². The third-order valence-electron chi connectivity index (χ3n) is 2.77. The molecular weight excluding hydrogens is 249 g/mol. The summed E-state index contributed by atoms with van der Waals surface area (Å²) in [6.07, 6.45) is -3.28. The van der Waals surface area contributed by atoms with Gasteiger partial charge < -0.3 is 9.52 Å². The fraction of sp³-hybridized carbons (Fsp3) is 0.250. The van der Waals surface area contributed by atoms with Gasteiger partial charge in [0.2, 0.25) is 0 Å². The molecule has 96 valence electrons. The molecule has 18 heavy (non-hydrogen) atoms. The van der Waals surface area contributed by atoms with Crippen molar-refractivity contribution in [1.82, 2.24) is 0 Å². The number of rotatable bonds is 2. The minimum absolute atomic E-state index is 0.180.